The smallest absolute Gasteiger partial charge is 0.339 e. The van der Waals surface area contributed by atoms with Gasteiger partial charge in [-0.05, 0) is 24.0 Å². The lowest BCUT2D eigenvalue weighted by Crippen LogP contribution is -2.55. The van der Waals surface area contributed by atoms with Crippen LogP contribution < -0.4 is 5.73 Å². The van der Waals surface area contributed by atoms with E-state index < -0.39 is 20.7 Å². The highest BCUT2D eigenvalue weighted by Gasteiger charge is 2.46. The Balaban J connectivity index is 3.04. The Morgan fingerprint density at radius 3 is 2.42 bits per heavy atom. The summed E-state index contributed by atoms with van der Waals surface area (Å²) >= 11 is 1.36. The largest absolute Gasteiger partial charge is 0.479 e. The minimum atomic E-state index is -3.98. The maximum atomic E-state index is 12.3. The summed E-state index contributed by atoms with van der Waals surface area (Å²) < 4.78 is 24.5. The van der Waals surface area contributed by atoms with Crippen LogP contribution in [0.3, 0.4) is 0 Å². The molecule has 0 bridgehead atoms. The lowest BCUT2D eigenvalue weighted by atomic mass is 10.2. The van der Waals surface area contributed by atoms with E-state index >= 15 is 0 Å². The van der Waals surface area contributed by atoms with Crippen LogP contribution in [0.25, 0.3) is 0 Å². The number of aliphatic carboxylic acids is 1. The van der Waals surface area contributed by atoms with E-state index in [0.29, 0.717) is 11.3 Å². The summed E-state index contributed by atoms with van der Waals surface area (Å²) in [5.74, 6) is -1.50. The lowest BCUT2D eigenvalue weighted by Gasteiger charge is -2.24. The third-order valence-electron chi connectivity index (χ3n) is 2.79. The second kappa shape index (κ2) is 6.40. The van der Waals surface area contributed by atoms with Gasteiger partial charge in [-0.15, -0.1) is 0 Å². The number of rotatable bonds is 7. The van der Waals surface area contributed by atoms with Crippen molar-refractivity contribution in [3.63, 3.8) is 0 Å². The molecule has 106 valence electrons. The van der Waals surface area contributed by atoms with Crippen molar-refractivity contribution in [1.82, 2.24) is 0 Å². The van der Waals surface area contributed by atoms with Gasteiger partial charge in [-0.25, -0.2) is 13.2 Å². The standard InChI is InChI=1S/C12H17NO4S2/c1-18-8-7-12(13,11(14)15)19(16,17)9-10-5-3-2-4-6-10/h2-6H,7-9,13H2,1H3,(H,14,15)/t12-/m1/s1. The maximum Gasteiger partial charge on any atom is 0.339 e. The van der Waals surface area contributed by atoms with Crippen LogP contribution in [0.2, 0.25) is 0 Å². The van der Waals surface area contributed by atoms with E-state index in [1.165, 1.54) is 11.8 Å². The van der Waals surface area contributed by atoms with E-state index in [1.807, 2.05) is 0 Å². The second-order valence-electron chi connectivity index (χ2n) is 4.18. The van der Waals surface area contributed by atoms with Crippen molar-refractivity contribution in [2.24, 2.45) is 5.73 Å². The average Bonchev–Trinajstić information content (AvgIpc) is 2.36. The van der Waals surface area contributed by atoms with Crippen LogP contribution in [0.4, 0.5) is 0 Å². The van der Waals surface area contributed by atoms with Gasteiger partial charge in [-0.1, -0.05) is 30.3 Å². The van der Waals surface area contributed by atoms with Crippen molar-refractivity contribution >= 4 is 27.6 Å². The van der Waals surface area contributed by atoms with Crippen molar-refractivity contribution in [2.75, 3.05) is 12.0 Å². The lowest BCUT2D eigenvalue weighted by molar-refractivity contribution is -0.140. The minimum absolute atomic E-state index is 0.112. The van der Waals surface area contributed by atoms with E-state index in [4.69, 9.17) is 10.8 Å². The molecule has 0 aliphatic carbocycles. The fraction of sp³-hybridized carbons (Fsp3) is 0.417. The number of carboxylic acids is 1. The van der Waals surface area contributed by atoms with Gasteiger partial charge < -0.3 is 10.8 Å². The number of thioether (sulfide) groups is 1. The predicted octanol–water partition coefficient (Wildman–Crippen LogP) is 1.09. The Morgan fingerprint density at radius 1 is 1.37 bits per heavy atom. The van der Waals surface area contributed by atoms with E-state index in [9.17, 15) is 13.2 Å². The van der Waals surface area contributed by atoms with E-state index in [2.05, 4.69) is 0 Å². The number of carboxylic acid groups (broad SMARTS) is 1. The summed E-state index contributed by atoms with van der Waals surface area (Å²) in [5.41, 5.74) is 6.18. The molecule has 0 heterocycles. The van der Waals surface area contributed by atoms with Crippen molar-refractivity contribution in [3.8, 4) is 0 Å². The number of hydrogen-bond donors (Lipinski definition) is 2. The molecule has 7 heteroatoms. The van der Waals surface area contributed by atoms with Gasteiger partial charge in [0.1, 0.15) is 0 Å². The van der Waals surface area contributed by atoms with Gasteiger partial charge in [0.05, 0.1) is 5.75 Å². The molecule has 0 amide bonds. The molecule has 0 aromatic heterocycles. The first kappa shape index (κ1) is 16.0. The first-order chi connectivity index (χ1) is 8.83. The summed E-state index contributed by atoms with van der Waals surface area (Å²) in [6.07, 6.45) is 1.66. The Kier molecular flexibility index (Phi) is 5.39. The zero-order valence-electron chi connectivity index (χ0n) is 10.6. The zero-order valence-corrected chi connectivity index (χ0v) is 12.2. The quantitative estimate of drug-likeness (QED) is 0.782. The highest BCUT2D eigenvalue weighted by molar-refractivity contribution is 7.98. The normalized spacial score (nSPS) is 14.8. The maximum absolute atomic E-state index is 12.3. The van der Waals surface area contributed by atoms with Gasteiger partial charge in [-0.2, -0.15) is 11.8 Å². The van der Waals surface area contributed by atoms with Crippen LogP contribution in [-0.2, 0) is 20.4 Å². The molecule has 0 radical (unpaired) electrons. The van der Waals surface area contributed by atoms with Crippen LogP contribution in [0.15, 0.2) is 30.3 Å². The van der Waals surface area contributed by atoms with E-state index in [1.54, 1.807) is 36.6 Å². The number of hydrogen-bond acceptors (Lipinski definition) is 5. The number of carbonyl (C=O) groups is 1. The minimum Gasteiger partial charge on any atom is -0.479 e. The number of benzene rings is 1. The summed E-state index contributed by atoms with van der Waals surface area (Å²) in [4.78, 5) is 9.02. The van der Waals surface area contributed by atoms with Crippen LogP contribution in [0.1, 0.15) is 12.0 Å². The molecule has 0 aliphatic heterocycles. The molecule has 1 rings (SSSR count). The van der Waals surface area contributed by atoms with Crippen molar-refractivity contribution in [1.29, 1.82) is 0 Å². The summed E-state index contributed by atoms with van der Waals surface area (Å²) in [6.45, 7) is 0. The van der Waals surface area contributed by atoms with Gasteiger partial charge in [-0.3, -0.25) is 0 Å². The Labute approximate surface area is 117 Å². The Bertz CT molecular complexity index is 530. The molecular weight excluding hydrogens is 286 g/mol. The highest BCUT2D eigenvalue weighted by Crippen LogP contribution is 2.22. The summed E-state index contributed by atoms with van der Waals surface area (Å²) in [7, 11) is -3.98. The molecule has 0 aliphatic rings. The van der Waals surface area contributed by atoms with Gasteiger partial charge in [0.2, 0.25) is 4.87 Å². The van der Waals surface area contributed by atoms with Crippen molar-refractivity contribution in [3.05, 3.63) is 35.9 Å². The van der Waals surface area contributed by atoms with Crippen molar-refractivity contribution in [2.45, 2.75) is 17.0 Å². The molecule has 0 saturated carbocycles. The molecule has 0 unspecified atom stereocenters. The SMILES string of the molecule is CSCC[C@](N)(C(=O)O)S(=O)(=O)Cc1ccccc1. The van der Waals surface area contributed by atoms with E-state index in [-0.39, 0.29) is 12.2 Å². The average molecular weight is 303 g/mol. The summed E-state index contributed by atoms with van der Waals surface area (Å²) in [5, 5.41) is 9.16. The molecule has 0 fully saturated rings. The molecule has 0 saturated heterocycles. The highest BCUT2D eigenvalue weighted by atomic mass is 32.2. The molecule has 1 aromatic carbocycles. The molecule has 1 aromatic rings. The summed E-state index contributed by atoms with van der Waals surface area (Å²) in [6, 6.07) is 8.43. The topological polar surface area (TPSA) is 97.5 Å². The molecular formula is C12H17NO4S2. The van der Waals surface area contributed by atoms with Crippen molar-refractivity contribution < 1.29 is 18.3 Å². The first-order valence-corrected chi connectivity index (χ1v) is 8.65. The Morgan fingerprint density at radius 2 is 1.95 bits per heavy atom. The van der Waals surface area contributed by atoms with Gasteiger partial charge >= 0.3 is 5.97 Å². The predicted molar refractivity (Wildman–Crippen MR) is 76.6 cm³/mol. The molecule has 1 atom stereocenters. The molecule has 0 spiro atoms. The van der Waals surface area contributed by atoms with Crippen LogP contribution in [-0.4, -0.2) is 36.4 Å². The fourth-order valence-electron chi connectivity index (χ4n) is 1.57. The van der Waals surface area contributed by atoms with E-state index in [0.717, 1.165) is 0 Å². The van der Waals surface area contributed by atoms with Gasteiger partial charge in [0.25, 0.3) is 0 Å². The molecule has 5 nitrogen and oxygen atoms in total. The third-order valence-corrected chi connectivity index (χ3v) is 5.61. The van der Waals surface area contributed by atoms with Gasteiger partial charge in [0.15, 0.2) is 9.84 Å². The monoisotopic (exact) mass is 303 g/mol. The third kappa shape index (κ3) is 3.71. The number of sulfone groups is 1. The second-order valence-corrected chi connectivity index (χ2v) is 7.41. The van der Waals surface area contributed by atoms with Gasteiger partial charge in [0, 0.05) is 0 Å². The van der Waals surface area contributed by atoms with Crippen LogP contribution >= 0.6 is 11.8 Å². The number of nitrogens with two attached hydrogens (primary N) is 1. The molecule has 19 heavy (non-hydrogen) atoms. The first-order valence-electron chi connectivity index (χ1n) is 5.61. The Hall–Kier alpha value is -1.05. The fourth-order valence-corrected chi connectivity index (χ4v) is 3.79. The van der Waals surface area contributed by atoms with Crippen LogP contribution in [0, 0.1) is 0 Å². The molecule has 3 N–H and O–H groups in total. The van der Waals surface area contributed by atoms with Crippen LogP contribution in [0.5, 0.6) is 0 Å². The zero-order chi connectivity index (χ0) is 14.5.